The summed E-state index contributed by atoms with van der Waals surface area (Å²) in [5.41, 5.74) is 5.11. The topological polar surface area (TPSA) is 324 Å². The number of para-hydroxylation sites is 4. The van der Waals surface area contributed by atoms with Crippen LogP contribution in [0.2, 0.25) is 25.2 Å². The van der Waals surface area contributed by atoms with Gasteiger partial charge in [0.2, 0.25) is 28.8 Å². The van der Waals surface area contributed by atoms with Gasteiger partial charge in [-0.25, -0.2) is 69.4 Å². The highest BCUT2D eigenvalue weighted by Gasteiger charge is 2.31. The van der Waals surface area contributed by atoms with Crippen LogP contribution in [0.1, 0.15) is 63.8 Å². The fraction of sp³-hybridized carbons (Fsp3) is 0.318. The average molecular weight is 1800 g/mol. The largest absolute Gasteiger partial charge is 0.506 e. The van der Waals surface area contributed by atoms with Gasteiger partial charge in [0.15, 0.2) is 22.4 Å². The molecule has 648 valence electrons. The Balaban J connectivity index is 0.000000153. The first-order valence-electron chi connectivity index (χ1n) is 39.6. The van der Waals surface area contributed by atoms with Crippen LogP contribution in [0.3, 0.4) is 0 Å². The number of rotatable bonds is 12. The first-order chi connectivity index (χ1) is 59.4. The van der Waals surface area contributed by atoms with Crippen LogP contribution in [0.5, 0.6) is 40.6 Å². The molecule has 2 N–H and O–H groups in total. The van der Waals surface area contributed by atoms with E-state index in [0.717, 1.165) is 99.3 Å². The van der Waals surface area contributed by atoms with Crippen molar-refractivity contribution in [2.45, 2.75) is 80.4 Å². The Morgan fingerprint density at radius 2 is 0.685 bits per heavy atom. The number of amides is 3. The second-order valence-electron chi connectivity index (χ2n) is 30.4. The number of phenolic OH excluding ortho intramolecular Hbond substituents is 1. The molecule has 0 saturated carbocycles. The van der Waals surface area contributed by atoms with E-state index in [4.69, 9.17) is 98.4 Å². The number of pyridine rings is 4. The minimum Gasteiger partial charge on any atom is -0.506 e. The number of aromatic hydroxyl groups is 1. The smallest absolute Gasteiger partial charge is 0.410 e. The molecule has 12 aromatic rings. The zero-order valence-corrected chi connectivity index (χ0v) is 74.7. The molecule has 4 aliphatic rings. The fourth-order valence-electron chi connectivity index (χ4n) is 13.2. The summed E-state index contributed by atoms with van der Waals surface area (Å²) < 4.78 is 29.1. The third kappa shape index (κ3) is 24.3. The van der Waals surface area contributed by atoms with Crippen molar-refractivity contribution in [2.24, 2.45) is 0 Å². The molecular formula is C88H94Cl6N20O10. The van der Waals surface area contributed by atoms with Crippen LogP contribution >= 0.6 is 69.6 Å². The number of anilines is 4. The molecule has 0 bridgehead atoms. The van der Waals surface area contributed by atoms with E-state index < -0.39 is 16.4 Å². The number of hydrogen-bond donors (Lipinski definition) is 2. The molecule has 12 heterocycles. The predicted octanol–water partition coefficient (Wildman–Crippen LogP) is 17.7. The van der Waals surface area contributed by atoms with E-state index in [1.165, 1.54) is 25.1 Å². The van der Waals surface area contributed by atoms with Crippen molar-refractivity contribution >= 4 is 160 Å². The molecule has 4 saturated heterocycles. The first kappa shape index (κ1) is 92.8. The lowest BCUT2D eigenvalue weighted by Crippen LogP contribution is -2.50. The minimum atomic E-state index is -0.513. The molecule has 8 aromatic heterocycles. The van der Waals surface area contributed by atoms with Crippen molar-refractivity contribution in [3.8, 4) is 40.6 Å². The predicted molar refractivity (Wildman–Crippen MR) is 486 cm³/mol. The van der Waals surface area contributed by atoms with E-state index in [2.05, 4.69) is 97.9 Å². The monoisotopic (exact) mass is 1800 g/mol. The zero-order valence-electron chi connectivity index (χ0n) is 70.1. The lowest BCUT2D eigenvalue weighted by Gasteiger charge is -2.36. The van der Waals surface area contributed by atoms with Gasteiger partial charge >= 0.3 is 12.2 Å². The maximum atomic E-state index is 12.4. The number of aryl methyl sites for hydroxylation is 4. The second kappa shape index (κ2) is 42.9. The summed E-state index contributed by atoms with van der Waals surface area (Å²) in [5.74, 6) is 6.34. The number of nitrogens with one attached hydrogen (secondary N) is 1. The van der Waals surface area contributed by atoms with Gasteiger partial charge in [0.25, 0.3) is 0 Å². The number of allylic oxidation sites excluding steroid dienone is 1. The van der Waals surface area contributed by atoms with Crippen LogP contribution < -0.4 is 39.1 Å². The number of nitrogens with zero attached hydrogens (tertiary/aromatic N) is 19. The molecule has 0 unspecified atom stereocenters. The molecule has 3 amide bonds. The number of carbonyl (C=O) groups is 4. The number of halogens is 6. The third-order valence-electron chi connectivity index (χ3n) is 19.4. The van der Waals surface area contributed by atoms with Crippen LogP contribution in [-0.2, 0) is 19.1 Å². The Hall–Kier alpha value is -11.9. The maximum absolute atomic E-state index is 12.4. The molecule has 16 rings (SSSR count). The molecule has 0 aliphatic carbocycles. The van der Waals surface area contributed by atoms with Gasteiger partial charge in [0.1, 0.15) is 87.6 Å². The van der Waals surface area contributed by atoms with Gasteiger partial charge in [0.05, 0.1) is 20.1 Å². The molecular weight excluding hydrogens is 1710 g/mol. The van der Waals surface area contributed by atoms with Crippen molar-refractivity contribution in [1.82, 2.24) is 79.8 Å². The van der Waals surface area contributed by atoms with E-state index in [9.17, 15) is 19.2 Å². The van der Waals surface area contributed by atoms with Crippen molar-refractivity contribution < 1.29 is 48.0 Å². The van der Waals surface area contributed by atoms with Crippen LogP contribution in [0.4, 0.5) is 32.9 Å². The Bertz CT molecular complexity index is 5720. The quantitative estimate of drug-likeness (QED) is 0.0652. The lowest BCUT2D eigenvalue weighted by atomic mass is 10.2. The Morgan fingerprint density at radius 3 is 0.992 bits per heavy atom. The number of benzene rings is 4. The van der Waals surface area contributed by atoms with E-state index in [0.29, 0.717) is 161 Å². The molecule has 0 atom stereocenters. The normalized spacial score (nSPS) is 14.0. The first-order valence-corrected chi connectivity index (χ1v) is 41.8. The number of hydrogen-bond acceptors (Lipinski definition) is 27. The molecule has 0 radical (unpaired) electrons. The molecule has 4 fully saturated rings. The van der Waals surface area contributed by atoms with Crippen molar-refractivity contribution in [2.75, 3.05) is 124 Å². The zero-order chi connectivity index (χ0) is 88.9. The van der Waals surface area contributed by atoms with Gasteiger partial charge in [-0.05, 0) is 164 Å². The number of ether oxygens (including phenoxy) is 5. The number of carbonyl (C=O) groups excluding carboxylic acids is 4. The molecule has 4 aromatic carbocycles. The minimum absolute atomic E-state index is 0.0489. The third-order valence-corrected chi connectivity index (χ3v) is 21.0. The molecule has 30 nitrogen and oxygen atoms in total. The summed E-state index contributed by atoms with van der Waals surface area (Å²) >= 11 is 35.3. The van der Waals surface area contributed by atoms with E-state index in [1.807, 2.05) is 123 Å². The number of piperazine rings is 4. The average Bonchev–Trinajstić information content (AvgIpc) is 0.791. The summed E-state index contributed by atoms with van der Waals surface area (Å²) in [6.07, 6.45) is 14.6. The SMILES string of the molecule is C=CC(=O)Cl.C=CC(=O)N1CCN(c2ncnc3c(Oc4c(C)cccc4Cl)nccc23)CC1.CC(C)(C)OC(=O)N1CCN(c2ncnc3c(Cl)nccc23)CC1.Cc1cccc(Cl)c1O.Cc1cccc(Cl)c1Oc1nccc2c(N3CCN(C(=O)OC(C)(C)C)CC3)ncnc12.Cc1cccc(Cl)c1Oc1nccc2c(N3CCNCC3)ncnc12. The van der Waals surface area contributed by atoms with Crippen molar-refractivity contribution in [3.05, 3.63) is 220 Å². The molecule has 124 heavy (non-hydrogen) atoms. The van der Waals surface area contributed by atoms with Crippen LogP contribution in [0.15, 0.2) is 172 Å². The molecule has 4 aliphatic heterocycles. The molecule has 0 spiro atoms. The van der Waals surface area contributed by atoms with Crippen molar-refractivity contribution in [3.63, 3.8) is 0 Å². The summed E-state index contributed by atoms with van der Waals surface area (Å²) in [7, 11) is 0. The van der Waals surface area contributed by atoms with E-state index in [-0.39, 0.29) is 23.8 Å². The summed E-state index contributed by atoms with van der Waals surface area (Å²) in [6, 6.07) is 29.6. The summed E-state index contributed by atoms with van der Waals surface area (Å²) in [4.78, 5) is 112. The summed E-state index contributed by atoms with van der Waals surface area (Å²) in [5, 5.41) is 17.7. The van der Waals surface area contributed by atoms with Gasteiger partial charge in [-0.1, -0.05) is 120 Å². The van der Waals surface area contributed by atoms with Gasteiger partial charge in [0, 0.05) is 151 Å². The number of phenols is 1. The Morgan fingerprint density at radius 1 is 0.387 bits per heavy atom. The standard InChI is InChI=1S/C23H26ClN5O3.C21H20ClN5O2.C18H18ClN5O.C16H20ClN5O2.C7H7ClO.C3H3ClO/c1-15-6-5-7-17(24)19(15)31-21-18-16(8-9-25-21)20(27-14-26-18)28-10-12-29(13-11-28)22(30)32-23(2,3)4;1-3-17(28)26-9-11-27(12-10-26)20-15-7-8-23-21(18(15)24-13-25-20)29-19-14(2)5-4-6-16(19)22;1-12-3-2-4-14(19)16(12)25-18-15-13(5-6-21-18)17(23-11-22-15)24-9-7-20-8-10-24;1-16(2,3)24-15(23)22-8-6-21(7-9-22)14-11-4-5-18-13(17)12(11)19-10-20-14;1-5-3-2-4-6(8)7(5)9;1-2-3(4)5/h5-9,14H,10-13H2,1-4H3;3-8,13H,1,9-12H2,2H3;2-6,11,20H,7-10H2,1H3;4-5,10H,6-9H2,1-3H3;2-4,9H,1H3;2H,1H2. The van der Waals surface area contributed by atoms with E-state index >= 15 is 0 Å². The van der Waals surface area contributed by atoms with E-state index in [1.54, 1.807) is 89.1 Å². The number of aromatic nitrogens is 12. The van der Waals surface area contributed by atoms with Gasteiger partial charge < -0.3 is 68.4 Å². The second-order valence-corrected chi connectivity index (χ2v) is 32.7. The Kier molecular flexibility index (Phi) is 32.1. The lowest BCUT2D eigenvalue weighted by molar-refractivity contribution is -0.126. The van der Waals surface area contributed by atoms with Gasteiger partial charge in [-0.2, -0.15) is 0 Å². The highest BCUT2D eigenvalue weighted by Crippen LogP contribution is 2.40. The van der Waals surface area contributed by atoms with Gasteiger partial charge in [-0.15, -0.1) is 0 Å². The highest BCUT2D eigenvalue weighted by molar-refractivity contribution is 6.66. The Labute approximate surface area is 748 Å². The van der Waals surface area contributed by atoms with Crippen LogP contribution in [0, 0.1) is 27.7 Å². The van der Waals surface area contributed by atoms with Crippen LogP contribution in [-0.4, -0.2) is 219 Å². The van der Waals surface area contributed by atoms with Crippen molar-refractivity contribution in [1.29, 1.82) is 0 Å². The fourth-order valence-corrected chi connectivity index (χ4v) is 14.4. The summed E-state index contributed by atoms with van der Waals surface area (Å²) in [6.45, 7) is 36.6. The van der Waals surface area contributed by atoms with Crippen LogP contribution in [0.25, 0.3) is 43.6 Å². The maximum Gasteiger partial charge on any atom is 0.410 e. The van der Waals surface area contributed by atoms with Gasteiger partial charge in [-0.3, -0.25) is 9.59 Å². The highest BCUT2D eigenvalue weighted by atomic mass is 35.5. The number of fused-ring (bicyclic) bond motifs is 4. The molecule has 36 heteroatoms.